The van der Waals surface area contributed by atoms with Crippen LogP contribution in [0.25, 0.3) is 0 Å². The van der Waals surface area contributed by atoms with Crippen molar-refractivity contribution in [2.45, 2.75) is 6.54 Å². The van der Waals surface area contributed by atoms with Crippen molar-refractivity contribution in [3.63, 3.8) is 0 Å². The summed E-state index contributed by atoms with van der Waals surface area (Å²) in [6, 6.07) is 7.26. The number of carbonyl (C=O) groups excluding carboxylic acids is 2. The van der Waals surface area contributed by atoms with Crippen molar-refractivity contribution in [1.82, 2.24) is 10.2 Å². The predicted molar refractivity (Wildman–Crippen MR) is 69.4 cm³/mol. The molecule has 0 atom stereocenters. The summed E-state index contributed by atoms with van der Waals surface area (Å²) in [5, 5.41) is 2.51. The number of likely N-dealkylation sites (N-methyl/N-ethyl adjacent to an activating group) is 1. The first-order valence-electron chi connectivity index (χ1n) is 5.57. The van der Waals surface area contributed by atoms with E-state index >= 15 is 0 Å². The average Bonchev–Trinajstić information content (AvgIpc) is 2.31. The van der Waals surface area contributed by atoms with Crippen LogP contribution in [0.1, 0.15) is 5.56 Å². The molecule has 0 saturated heterocycles. The zero-order valence-corrected chi connectivity index (χ0v) is 10.3. The number of nitrogens with two attached hydrogens (primary N) is 2. The number of carbonyl (C=O) groups is 2. The van der Waals surface area contributed by atoms with Crippen molar-refractivity contribution in [2.24, 2.45) is 5.73 Å². The zero-order chi connectivity index (χ0) is 13.5. The van der Waals surface area contributed by atoms with Gasteiger partial charge in [0.25, 0.3) is 0 Å². The first-order valence-corrected chi connectivity index (χ1v) is 5.57. The standard InChI is InChI=1S/C12H18N4O2/c1-15-12(18)8-16(7-11(14)17)6-9-2-4-10(13)5-3-9/h2-5H,6-8,13H2,1H3,(H2,14,17)(H,15,18). The van der Waals surface area contributed by atoms with E-state index in [0.717, 1.165) is 5.56 Å². The van der Waals surface area contributed by atoms with E-state index in [-0.39, 0.29) is 19.0 Å². The molecule has 98 valence electrons. The summed E-state index contributed by atoms with van der Waals surface area (Å²) in [5.41, 5.74) is 12.4. The molecule has 2 amide bonds. The highest BCUT2D eigenvalue weighted by atomic mass is 16.2. The van der Waals surface area contributed by atoms with Crippen LogP contribution in [-0.4, -0.2) is 36.9 Å². The van der Waals surface area contributed by atoms with Gasteiger partial charge in [0.15, 0.2) is 0 Å². The number of nitrogens with one attached hydrogen (secondary N) is 1. The molecule has 0 aromatic heterocycles. The van der Waals surface area contributed by atoms with Gasteiger partial charge in [-0.1, -0.05) is 12.1 Å². The molecule has 0 bridgehead atoms. The molecule has 18 heavy (non-hydrogen) atoms. The number of primary amides is 1. The van der Waals surface area contributed by atoms with Gasteiger partial charge in [0.05, 0.1) is 13.1 Å². The fourth-order valence-corrected chi connectivity index (χ4v) is 1.55. The fraction of sp³-hybridized carbons (Fsp3) is 0.333. The highest BCUT2D eigenvalue weighted by molar-refractivity contribution is 5.80. The monoisotopic (exact) mass is 250 g/mol. The molecule has 0 fully saturated rings. The lowest BCUT2D eigenvalue weighted by Gasteiger charge is -2.19. The Labute approximate surface area is 106 Å². The number of amides is 2. The van der Waals surface area contributed by atoms with Crippen LogP contribution in [0.5, 0.6) is 0 Å². The molecule has 6 heteroatoms. The Morgan fingerprint density at radius 3 is 2.33 bits per heavy atom. The van der Waals surface area contributed by atoms with Crippen LogP contribution in [0, 0.1) is 0 Å². The molecule has 0 saturated carbocycles. The second kappa shape index (κ2) is 6.61. The van der Waals surface area contributed by atoms with E-state index in [0.29, 0.717) is 12.2 Å². The van der Waals surface area contributed by atoms with E-state index in [1.165, 1.54) is 0 Å². The summed E-state index contributed by atoms with van der Waals surface area (Å²) >= 11 is 0. The number of rotatable bonds is 6. The molecule has 1 aromatic rings. The summed E-state index contributed by atoms with van der Waals surface area (Å²) in [5.74, 6) is -0.624. The molecule has 1 aromatic carbocycles. The maximum Gasteiger partial charge on any atom is 0.233 e. The van der Waals surface area contributed by atoms with E-state index in [2.05, 4.69) is 5.32 Å². The molecular formula is C12H18N4O2. The number of hydrogen-bond donors (Lipinski definition) is 3. The van der Waals surface area contributed by atoms with Gasteiger partial charge in [0.2, 0.25) is 11.8 Å². The van der Waals surface area contributed by atoms with Crippen LogP contribution in [0.3, 0.4) is 0 Å². The molecule has 0 unspecified atom stereocenters. The third kappa shape index (κ3) is 4.84. The van der Waals surface area contributed by atoms with Gasteiger partial charge in [-0.2, -0.15) is 0 Å². The minimum Gasteiger partial charge on any atom is -0.399 e. The smallest absolute Gasteiger partial charge is 0.233 e. The lowest BCUT2D eigenvalue weighted by molar-refractivity contribution is -0.123. The molecule has 6 nitrogen and oxygen atoms in total. The zero-order valence-electron chi connectivity index (χ0n) is 10.3. The van der Waals surface area contributed by atoms with Gasteiger partial charge in [-0.15, -0.1) is 0 Å². The highest BCUT2D eigenvalue weighted by Crippen LogP contribution is 2.08. The quantitative estimate of drug-likeness (QED) is 0.581. The number of benzene rings is 1. The maximum absolute atomic E-state index is 11.3. The maximum atomic E-state index is 11.3. The summed E-state index contributed by atoms with van der Waals surface area (Å²) in [4.78, 5) is 23.9. The second-order valence-electron chi connectivity index (χ2n) is 4.03. The average molecular weight is 250 g/mol. The summed E-state index contributed by atoms with van der Waals surface area (Å²) < 4.78 is 0. The number of anilines is 1. The topological polar surface area (TPSA) is 101 Å². The van der Waals surface area contributed by atoms with Crippen molar-refractivity contribution in [3.05, 3.63) is 29.8 Å². The Morgan fingerprint density at radius 1 is 1.22 bits per heavy atom. The Hall–Kier alpha value is -2.08. The van der Waals surface area contributed by atoms with Gasteiger partial charge in [-0.25, -0.2) is 0 Å². The van der Waals surface area contributed by atoms with Gasteiger partial charge in [0, 0.05) is 19.3 Å². The van der Waals surface area contributed by atoms with E-state index in [1.807, 2.05) is 12.1 Å². The van der Waals surface area contributed by atoms with Crippen molar-refractivity contribution in [1.29, 1.82) is 0 Å². The SMILES string of the molecule is CNC(=O)CN(CC(N)=O)Cc1ccc(N)cc1. The third-order valence-electron chi connectivity index (χ3n) is 2.41. The van der Waals surface area contributed by atoms with Crippen molar-refractivity contribution < 1.29 is 9.59 Å². The van der Waals surface area contributed by atoms with E-state index in [9.17, 15) is 9.59 Å². The Morgan fingerprint density at radius 2 is 1.83 bits per heavy atom. The van der Waals surface area contributed by atoms with Gasteiger partial charge in [0.1, 0.15) is 0 Å². The number of hydrogen-bond acceptors (Lipinski definition) is 4. The minimum atomic E-state index is -0.464. The van der Waals surface area contributed by atoms with Crippen molar-refractivity contribution in [3.8, 4) is 0 Å². The second-order valence-corrected chi connectivity index (χ2v) is 4.03. The largest absolute Gasteiger partial charge is 0.399 e. The van der Waals surface area contributed by atoms with Crippen LogP contribution in [0.4, 0.5) is 5.69 Å². The summed E-state index contributed by atoms with van der Waals surface area (Å²) in [7, 11) is 1.55. The van der Waals surface area contributed by atoms with Crippen molar-refractivity contribution >= 4 is 17.5 Å². The number of nitrogens with zero attached hydrogens (tertiary/aromatic N) is 1. The van der Waals surface area contributed by atoms with Gasteiger partial charge in [-0.3, -0.25) is 14.5 Å². The van der Waals surface area contributed by atoms with E-state index in [4.69, 9.17) is 11.5 Å². The van der Waals surface area contributed by atoms with Crippen LogP contribution in [-0.2, 0) is 16.1 Å². The molecule has 0 aliphatic carbocycles. The first kappa shape index (κ1) is 14.0. The van der Waals surface area contributed by atoms with Crippen LogP contribution < -0.4 is 16.8 Å². The minimum absolute atomic E-state index is 0.0395. The predicted octanol–water partition coefficient (Wildman–Crippen LogP) is -0.698. The lowest BCUT2D eigenvalue weighted by Crippen LogP contribution is -2.40. The van der Waals surface area contributed by atoms with Crippen LogP contribution in [0.2, 0.25) is 0 Å². The van der Waals surface area contributed by atoms with Gasteiger partial charge >= 0.3 is 0 Å². The lowest BCUT2D eigenvalue weighted by atomic mass is 10.2. The van der Waals surface area contributed by atoms with Gasteiger partial charge in [-0.05, 0) is 17.7 Å². The van der Waals surface area contributed by atoms with Crippen LogP contribution in [0.15, 0.2) is 24.3 Å². The van der Waals surface area contributed by atoms with E-state index in [1.54, 1.807) is 24.1 Å². The molecule has 0 radical (unpaired) electrons. The third-order valence-corrected chi connectivity index (χ3v) is 2.41. The normalized spacial score (nSPS) is 10.3. The fourth-order valence-electron chi connectivity index (χ4n) is 1.55. The molecule has 0 aliphatic heterocycles. The van der Waals surface area contributed by atoms with Crippen molar-refractivity contribution in [2.75, 3.05) is 25.9 Å². The highest BCUT2D eigenvalue weighted by Gasteiger charge is 2.12. The molecule has 0 heterocycles. The number of nitrogen functional groups attached to an aromatic ring is 1. The molecule has 1 rings (SSSR count). The Kier molecular flexibility index (Phi) is 5.13. The van der Waals surface area contributed by atoms with Crippen LogP contribution >= 0.6 is 0 Å². The van der Waals surface area contributed by atoms with Gasteiger partial charge < -0.3 is 16.8 Å². The molecule has 0 aliphatic rings. The first-order chi connectivity index (χ1) is 8.51. The van der Waals surface area contributed by atoms with E-state index < -0.39 is 5.91 Å². The molecular weight excluding hydrogens is 232 g/mol. The Balaban J connectivity index is 2.67. The Bertz CT molecular complexity index is 417. The summed E-state index contributed by atoms with van der Waals surface area (Å²) in [6.45, 7) is 0.637. The summed E-state index contributed by atoms with van der Waals surface area (Å²) in [6.07, 6.45) is 0. The molecule has 0 spiro atoms. The molecule has 5 N–H and O–H groups in total.